The highest BCUT2D eigenvalue weighted by Gasteiger charge is 2.31. The zero-order valence-corrected chi connectivity index (χ0v) is 19.8. The van der Waals surface area contributed by atoms with E-state index in [1.807, 2.05) is 13.8 Å². The number of unbranched alkanes of at least 4 members (excludes halogenated alkanes) is 1. The van der Waals surface area contributed by atoms with Crippen LogP contribution in [0.25, 0.3) is 0 Å². The van der Waals surface area contributed by atoms with Crippen LogP contribution in [0.5, 0.6) is 0 Å². The second-order valence-corrected chi connectivity index (χ2v) is 8.16. The average Bonchev–Trinajstić information content (AvgIpc) is 2.81. The van der Waals surface area contributed by atoms with Crippen LogP contribution in [0, 0.1) is 10.8 Å². The molecule has 0 aliphatic heterocycles. The van der Waals surface area contributed by atoms with E-state index in [4.69, 9.17) is 18.9 Å². The van der Waals surface area contributed by atoms with Crippen molar-refractivity contribution in [1.29, 1.82) is 0 Å². The van der Waals surface area contributed by atoms with Crippen LogP contribution in [0.1, 0.15) is 52.4 Å². The number of carbonyl (C=O) groups excluding carboxylic acids is 2. The number of carbonyl (C=O) groups is 2. The lowest BCUT2D eigenvalue weighted by Crippen LogP contribution is -2.36. The summed E-state index contributed by atoms with van der Waals surface area (Å²) in [4.78, 5) is 24.1. The lowest BCUT2D eigenvalue weighted by atomic mass is 9.88. The molecule has 0 saturated heterocycles. The second-order valence-electron chi connectivity index (χ2n) is 8.16. The molecule has 0 bridgehead atoms. The fourth-order valence-corrected chi connectivity index (χ4v) is 2.77. The minimum Gasteiger partial charge on any atom is -0.465 e. The van der Waals surface area contributed by atoms with E-state index >= 15 is 0 Å². The molecule has 2 unspecified atom stereocenters. The molecule has 32 heavy (non-hydrogen) atoms. The summed E-state index contributed by atoms with van der Waals surface area (Å²) in [5.74, 6) is -0.754. The number of ether oxygens (including phenoxy) is 4. The van der Waals surface area contributed by atoms with E-state index in [-0.39, 0.29) is 64.4 Å². The van der Waals surface area contributed by atoms with Crippen molar-refractivity contribution in [3.8, 4) is 0 Å². The van der Waals surface area contributed by atoms with Crippen molar-refractivity contribution in [2.24, 2.45) is 10.8 Å². The lowest BCUT2D eigenvalue weighted by Gasteiger charge is -2.29. The van der Waals surface area contributed by atoms with Gasteiger partial charge in [0.05, 0.1) is 50.5 Å². The van der Waals surface area contributed by atoms with Gasteiger partial charge in [0.1, 0.15) is 13.2 Å². The molecular weight excluding hydrogens is 416 g/mol. The van der Waals surface area contributed by atoms with Gasteiger partial charge in [0.15, 0.2) is 0 Å². The van der Waals surface area contributed by atoms with Gasteiger partial charge in [-0.15, -0.1) is 13.2 Å². The maximum Gasteiger partial charge on any atom is 0.305 e. The van der Waals surface area contributed by atoms with Gasteiger partial charge in [-0.05, 0) is 25.7 Å². The summed E-state index contributed by atoms with van der Waals surface area (Å²) < 4.78 is 21.5. The molecule has 0 fully saturated rings. The van der Waals surface area contributed by atoms with Crippen LogP contribution >= 0.6 is 0 Å². The van der Waals surface area contributed by atoms with Crippen LogP contribution in [0.15, 0.2) is 25.3 Å². The van der Waals surface area contributed by atoms with Gasteiger partial charge in [0, 0.05) is 12.8 Å². The molecular formula is C24H42O8. The van der Waals surface area contributed by atoms with Gasteiger partial charge in [-0.2, -0.15) is 0 Å². The summed E-state index contributed by atoms with van der Waals surface area (Å²) in [6.45, 7) is 12.1. The van der Waals surface area contributed by atoms with Crippen LogP contribution in [0.2, 0.25) is 0 Å². The zero-order valence-electron chi connectivity index (χ0n) is 19.8. The van der Waals surface area contributed by atoms with Gasteiger partial charge in [0.2, 0.25) is 0 Å². The largest absolute Gasteiger partial charge is 0.465 e. The molecule has 0 rings (SSSR count). The number of rotatable bonds is 21. The molecule has 0 aliphatic carbocycles. The maximum atomic E-state index is 12.0. The van der Waals surface area contributed by atoms with Gasteiger partial charge in [-0.3, -0.25) is 9.59 Å². The Morgan fingerprint density at radius 1 is 0.750 bits per heavy atom. The van der Waals surface area contributed by atoms with E-state index in [2.05, 4.69) is 13.2 Å². The molecule has 2 atom stereocenters. The summed E-state index contributed by atoms with van der Waals surface area (Å²) in [5, 5.41) is 19.4. The predicted octanol–water partition coefficient (Wildman–Crippen LogP) is 2.82. The number of aliphatic hydroxyl groups excluding tert-OH is 2. The Morgan fingerprint density at radius 3 is 1.41 bits per heavy atom. The number of hydrogen-bond acceptors (Lipinski definition) is 8. The van der Waals surface area contributed by atoms with Crippen LogP contribution in [0.3, 0.4) is 0 Å². The Bertz CT molecular complexity index is 490. The highest BCUT2D eigenvalue weighted by atomic mass is 16.5. The normalized spacial score (nSPS) is 14.8. The fraction of sp³-hybridized carbons (Fsp3) is 0.750. The molecule has 0 heterocycles. The molecule has 0 aromatic heterocycles. The zero-order chi connectivity index (χ0) is 24.3. The van der Waals surface area contributed by atoms with E-state index < -0.39 is 10.8 Å². The third-order valence-corrected chi connectivity index (χ3v) is 5.55. The van der Waals surface area contributed by atoms with E-state index in [1.165, 1.54) is 0 Å². The highest BCUT2D eigenvalue weighted by Crippen LogP contribution is 2.24. The summed E-state index contributed by atoms with van der Waals surface area (Å²) in [5.41, 5.74) is -1.26. The first-order valence-corrected chi connectivity index (χ1v) is 11.3. The van der Waals surface area contributed by atoms with Crippen molar-refractivity contribution in [2.75, 3.05) is 52.9 Å². The molecule has 0 radical (unpaired) electrons. The van der Waals surface area contributed by atoms with Crippen LogP contribution in [0.4, 0.5) is 0 Å². The molecule has 2 N–H and O–H groups in total. The molecule has 8 nitrogen and oxygen atoms in total. The van der Waals surface area contributed by atoms with Gasteiger partial charge in [0.25, 0.3) is 0 Å². The first kappa shape index (κ1) is 30.3. The quantitative estimate of drug-likeness (QED) is 0.153. The highest BCUT2D eigenvalue weighted by molar-refractivity contribution is 5.70. The second kappa shape index (κ2) is 17.8. The minimum absolute atomic E-state index is 0.0756. The van der Waals surface area contributed by atoms with E-state index in [0.29, 0.717) is 38.9 Å². The first-order chi connectivity index (χ1) is 15.4. The Balaban J connectivity index is 4.23. The van der Waals surface area contributed by atoms with Crippen LogP contribution < -0.4 is 0 Å². The lowest BCUT2D eigenvalue weighted by molar-refractivity contribution is -0.152. The van der Waals surface area contributed by atoms with Crippen molar-refractivity contribution in [2.45, 2.75) is 52.4 Å². The summed E-state index contributed by atoms with van der Waals surface area (Å²) in [7, 11) is 0. The molecule has 0 amide bonds. The summed E-state index contributed by atoms with van der Waals surface area (Å²) >= 11 is 0. The van der Waals surface area contributed by atoms with Crippen LogP contribution in [-0.2, 0) is 28.5 Å². The molecule has 0 saturated carbocycles. The monoisotopic (exact) mass is 458 g/mol. The standard InChI is InChI=1S/C24H42O8/c1-5-13-29-17-23(7-3,15-25)19-31-21(27)11-9-10-12-22(28)32-20-24(8-4,16-26)18-30-14-6-2/h5-6,25-26H,1-2,7-20H2,3-4H3. The van der Waals surface area contributed by atoms with Crippen LogP contribution in [-0.4, -0.2) is 75.0 Å². The van der Waals surface area contributed by atoms with Gasteiger partial charge in [-0.25, -0.2) is 0 Å². The number of esters is 2. The van der Waals surface area contributed by atoms with E-state index in [0.717, 1.165) is 0 Å². The smallest absolute Gasteiger partial charge is 0.305 e. The van der Waals surface area contributed by atoms with Crippen molar-refractivity contribution >= 4 is 11.9 Å². The van der Waals surface area contributed by atoms with Crippen molar-refractivity contribution in [3.63, 3.8) is 0 Å². The number of hydrogen-bond donors (Lipinski definition) is 2. The third-order valence-electron chi connectivity index (χ3n) is 5.55. The SMILES string of the molecule is C=CCOCC(CC)(CO)COC(=O)CCCCC(=O)OCC(CC)(CO)COCC=C. The molecule has 186 valence electrons. The molecule has 0 aliphatic rings. The van der Waals surface area contributed by atoms with E-state index in [9.17, 15) is 19.8 Å². The fourth-order valence-electron chi connectivity index (χ4n) is 2.77. The third kappa shape index (κ3) is 12.3. The summed E-state index contributed by atoms with van der Waals surface area (Å²) in [6.07, 6.45) is 5.78. The first-order valence-electron chi connectivity index (χ1n) is 11.3. The van der Waals surface area contributed by atoms with Gasteiger partial charge in [-0.1, -0.05) is 26.0 Å². The van der Waals surface area contributed by atoms with Gasteiger partial charge >= 0.3 is 11.9 Å². The summed E-state index contributed by atoms with van der Waals surface area (Å²) in [6, 6.07) is 0. The maximum absolute atomic E-state index is 12.0. The molecule has 0 spiro atoms. The average molecular weight is 459 g/mol. The number of aliphatic hydroxyl groups is 2. The Hall–Kier alpha value is -1.74. The van der Waals surface area contributed by atoms with E-state index in [1.54, 1.807) is 12.2 Å². The van der Waals surface area contributed by atoms with Gasteiger partial charge < -0.3 is 29.2 Å². The van der Waals surface area contributed by atoms with Crippen molar-refractivity contribution in [1.82, 2.24) is 0 Å². The minimum atomic E-state index is -0.629. The Morgan fingerprint density at radius 2 is 1.12 bits per heavy atom. The molecule has 0 aromatic rings. The Labute approximate surface area is 192 Å². The topological polar surface area (TPSA) is 112 Å². The molecule has 0 aromatic carbocycles. The predicted molar refractivity (Wildman–Crippen MR) is 122 cm³/mol. The van der Waals surface area contributed by atoms with Crippen molar-refractivity contribution in [3.05, 3.63) is 25.3 Å². The molecule has 8 heteroatoms. The van der Waals surface area contributed by atoms with Crippen molar-refractivity contribution < 1.29 is 38.7 Å². The Kier molecular flexibility index (Phi) is 16.8.